The van der Waals surface area contributed by atoms with Gasteiger partial charge >= 0.3 is 0 Å². The summed E-state index contributed by atoms with van der Waals surface area (Å²) in [5, 5.41) is 23.8. The molecule has 2 aromatic carbocycles. The second-order valence-corrected chi connectivity index (χ2v) is 5.11. The van der Waals surface area contributed by atoms with Gasteiger partial charge in [0.15, 0.2) is 0 Å². The number of aryl methyl sites for hydroxylation is 1. The van der Waals surface area contributed by atoms with Crippen LogP contribution in [0.5, 0.6) is 0 Å². The number of benzene rings is 2. The molecule has 1 unspecified atom stereocenters. The third-order valence-corrected chi connectivity index (χ3v) is 3.21. The molecule has 0 aliphatic carbocycles. The van der Waals surface area contributed by atoms with Crippen molar-refractivity contribution in [1.29, 1.82) is 0 Å². The molecule has 116 valence electrons. The highest BCUT2D eigenvalue weighted by Gasteiger charge is 2.06. The van der Waals surface area contributed by atoms with Gasteiger partial charge in [0.1, 0.15) is 0 Å². The number of hydrogen-bond donors (Lipinski definition) is 4. The summed E-state index contributed by atoms with van der Waals surface area (Å²) >= 11 is 0. The van der Waals surface area contributed by atoms with Crippen molar-refractivity contribution in [1.82, 2.24) is 0 Å². The molecule has 0 radical (unpaired) electrons. The zero-order chi connectivity index (χ0) is 15.9. The molecule has 0 spiro atoms. The SMILES string of the molecule is Cc1ccc(C(=O)Nc2ccc(NCC(O)CO)cc2)cc1. The second-order valence-electron chi connectivity index (χ2n) is 5.11. The quantitative estimate of drug-likeness (QED) is 0.658. The number of carbonyl (C=O) groups excluding carboxylic acids is 1. The molecule has 0 saturated carbocycles. The van der Waals surface area contributed by atoms with E-state index in [2.05, 4.69) is 10.6 Å². The highest BCUT2D eigenvalue weighted by Crippen LogP contribution is 2.15. The number of carbonyl (C=O) groups is 1. The van der Waals surface area contributed by atoms with Crippen LogP contribution in [-0.4, -0.2) is 35.4 Å². The maximum absolute atomic E-state index is 12.1. The Morgan fingerprint density at radius 1 is 1.05 bits per heavy atom. The molecule has 0 aliphatic heterocycles. The van der Waals surface area contributed by atoms with Crippen molar-refractivity contribution < 1.29 is 15.0 Å². The van der Waals surface area contributed by atoms with Gasteiger partial charge in [-0.2, -0.15) is 0 Å². The fraction of sp³-hybridized carbons (Fsp3) is 0.235. The summed E-state index contributed by atoms with van der Waals surface area (Å²) in [6.45, 7) is 1.96. The molecular formula is C17H20N2O3. The first kappa shape index (κ1) is 16.0. The van der Waals surface area contributed by atoms with Crippen LogP contribution in [0.4, 0.5) is 11.4 Å². The molecule has 1 atom stereocenters. The van der Waals surface area contributed by atoms with E-state index in [1.807, 2.05) is 19.1 Å². The summed E-state index contributed by atoms with van der Waals surface area (Å²) in [6, 6.07) is 14.5. The molecule has 0 saturated heterocycles. The maximum atomic E-state index is 12.1. The molecule has 5 nitrogen and oxygen atoms in total. The van der Waals surface area contributed by atoms with Gasteiger partial charge in [-0.15, -0.1) is 0 Å². The van der Waals surface area contributed by atoms with E-state index in [-0.39, 0.29) is 19.1 Å². The first-order valence-corrected chi connectivity index (χ1v) is 7.09. The van der Waals surface area contributed by atoms with Gasteiger partial charge in [0.25, 0.3) is 5.91 Å². The van der Waals surface area contributed by atoms with E-state index in [0.29, 0.717) is 11.3 Å². The maximum Gasteiger partial charge on any atom is 0.255 e. The molecule has 22 heavy (non-hydrogen) atoms. The molecule has 0 aliphatic rings. The van der Waals surface area contributed by atoms with Gasteiger partial charge in [-0.05, 0) is 43.3 Å². The van der Waals surface area contributed by atoms with E-state index in [0.717, 1.165) is 11.3 Å². The van der Waals surface area contributed by atoms with Crippen molar-refractivity contribution in [2.45, 2.75) is 13.0 Å². The Morgan fingerprint density at radius 3 is 2.23 bits per heavy atom. The normalized spacial score (nSPS) is 11.8. The number of rotatable bonds is 6. The smallest absolute Gasteiger partial charge is 0.255 e. The fourth-order valence-electron chi connectivity index (χ4n) is 1.88. The van der Waals surface area contributed by atoms with Crippen molar-refractivity contribution in [3.8, 4) is 0 Å². The lowest BCUT2D eigenvalue weighted by Gasteiger charge is -2.11. The Bertz CT molecular complexity index is 609. The molecule has 2 rings (SSSR count). The molecule has 1 amide bonds. The number of nitrogens with one attached hydrogen (secondary N) is 2. The summed E-state index contributed by atoms with van der Waals surface area (Å²) in [7, 11) is 0. The highest BCUT2D eigenvalue weighted by molar-refractivity contribution is 6.04. The Balaban J connectivity index is 1.93. The minimum absolute atomic E-state index is 0.156. The molecule has 5 heteroatoms. The molecule has 0 bridgehead atoms. The number of aliphatic hydroxyl groups is 2. The molecule has 2 aromatic rings. The van der Waals surface area contributed by atoms with Crippen LogP contribution >= 0.6 is 0 Å². The van der Waals surface area contributed by atoms with Crippen LogP contribution in [0.25, 0.3) is 0 Å². The predicted molar refractivity (Wildman–Crippen MR) is 87.2 cm³/mol. The van der Waals surface area contributed by atoms with E-state index >= 15 is 0 Å². The first-order chi connectivity index (χ1) is 10.6. The summed E-state index contributed by atoms with van der Waals surface area (Å²) in [5.41, 5.74) is 3.22. The topological polar surface area (TPSA) is 81.6 Å². The zero-order valence-corrected chi connectivity index (χ0v) is 12.4. The Labute approximate surface area is 129 Å². The molecule has 0 heterocycles. The van der Waals surface area contributed by atoms with Gasteiger partial charge in [-0.1, -0.05) is 17.7 Å². The summed E-state index contributed by atoms with van der Waals surface area (Å²) in [4.78, 5) is 12.1. The van der Waals surface area contributed by atoms with E-state index < -0.39 is 6.10 Å². The molecule has 4 N–H and O–H groups in total. The largest absolute Gasteiger partial charge is 0.394 e. The van der Waals surface area contributed by atoms with Crippen LogP contribution < -0.4 is 10.6 Å². The van der Waals surface area contributed by atoms with Crippen LogP contribution in [-0.2, 0) is 0 Å². The zero-order valence-electron chi connectivity index (χ0n) is 12.4. The molecular weight excluding hydrogens is 280 g/mol. The number of aliphatic hydroxyl groups excluding tert-OH is 2. The van der Waals surface area contributed by atoms with E-state index in [4.69, 9.17) is 5.11 Å². The van der Waals surface area contributed by atoms with Crippen molar-refractivity contribution in [3.05, 3.63) is 59.7 Å². The minimum atomic E-state index is -0.791. The third-order valence-electron chi connectivity index (χ3n) is 3.21. The Morgan fingerprint density at radius 2 is 1.64 bits per heavy atom. The predicted octanol–water partition coefficient (Wildman–Crippen LogP) is 2.01. The van der Waals surface area contributed by atoms with Crippen LogP contribution in [0, 0.1) is 6.92 Å². The van der Waals surface area contributed by atoms with Crippen LogP contribution in [0.2, 0.25) is 0 Å². The van der Waals surface area contributed by atoms with E-state index in [1.54, 1.807) is 36.4 Å². The fourth-order valence-corrected chi connectivity index (χ4v) is 1.88. The lowest BCUT2D eigenvalue weighted by atomic mass is 10.1. The molecule has 0 fully saturated rings. The first-order valence-electron chi connectivity index (χ1n) is 7.09. The summed E-state index contributed by atoms with van der Waals surface area (Å²) in [5.74, 6) is -0.156. The standard InChI is InChI=1S/C17H20N2O3/c1-12-2-4-13(5-3-12)17(22)19-15-8-6-14(7-9-15)18-10-16(21)11-20/h2-9,16,18,20-21H,10-11H2,1H3,(H,19,22). The van der Waals surface area contributed by atoms with Gasteiger partial charge in [0, 0.05) is 23.5 Å². The lowest BCUT2D eigenvalue weighted by Crippen LogP contribution is -2.22. The minimum Gasteiger partial charge on any atom is -0.394 e. The lowest BCUT2D eigenvalue weighted by molar-refractivity contribution is 0.102. The van der Waals surface area contributed by atoms with Gasteiger partial charge in [-0.3, -0.25) is 4.79 Å². The van der Waals surface area contributed by atoms with Crippen LogP contribution in [0.3, 0.4) is 0 Å². The molecule has 0 aromatic heterocycles. The Hall–Kier alpha value is -2.37. The average Bonchev–Trinajstić information content (AvgIpc) is 2.54. The van der Waals surface area contributed by atoms with Gasteiger partial charge < -0.3 is 20.8 Å². The van der Waals surface area contributed by atoms with E-state index in [1.165, 1.54) is 0 Å². The Kier molecular flexibility index (Phi) is 5.52. The number of anilines is 2. The van der Waals surface area contributed by atoms with E-state index in [9.17, 15) is 9.90 Å². The second kappa shape index (κ2) is 7.59. The highest BCUT2D eigenvalue weighted by atomic mass is 16.3. The number of amides is 1. The van der Waals surface area contributed by atoms with Crippen molar-refractivity contribution in [2.75, 3.05) is 23.8 Å². The van der Waals surface area contributed by atoms with Gasteiger partial charge in [-0.25, -0.2) is 0 Å². The third kappa shape index (κ3) is 4.58. The average molecular weight is 300 g/mol. The van der Waals surface area contributed by atoms with Crippen molar-refractivity contribution in [3.63, 3.8) is 0 Å². The monoisotopic (exact) mass is 300 g/mol. The summed E-state index contributed by atoms with van der Waals surface area (Å²) < 4.78 is 0. The summed E-state index contributed by atoms with van der Waals surface area (Å²) in [6.07, 6.45) is -0.791. The van der Waals surface area contributed by atoms with Crippen molar-refractivity contribution >= 4 is 17.3 Å². The number of hydrogen-bond acceptors (Lipinski definition) is 4. The van der Waals surface area contributed by atoms with Gasteiger partial charge in [0.2, 0.25) is 0 Å². The van der Waals surface area contributed by atoms with Crippen LogP contribution in [0.15, 0.2) is 48.5 Å². The van der Waals surface area contributed by atoms with Crippen LogP contribution in [0.1, 0.15) is 15.9 Å². The van der Waals surface area contributed by atoms with Gasteiger partial charge in [0.05, 0.1) is 12.7 Å². The van der Waals surface area contributed by atoms with Crippen molar-refractivity contribution in [2.24, 2.45) is 0 Å².